The van der Waals surface area contributed by atoms with Crippen molar-refractivity contribution in [3.63, 3.8) is 0 Å². The molecule has 2 aromatic carbocycles. The number of sulfone groups is 1. The second-order valence-electron chi connectivity index (χ2n) is 10.1. The number of nitrogens with one attached hydrogen (secondary N) is 1. The van der Waals surface area contributed by atoms with Gasteiger partial charge in [0, 0.05) is 42.5 Å². The Labute approximate surface area is 228 Å². The third kappa shape index (κ3) is 5.73. The molecule has 0 atom stereocenters. The topological polar surface area (TPSA) is 133 Å². The number of hydrogen-bond acceptors (Lipinski definition) is 9. The summed E-state index contributed by atoms with van der Waals surface area (Å²) in [5.41, 5.74) is 11.5. The van der Waals surface area contributed by atoms with E-state index in [0.29, 0.717) is 34.4 Å². The molecule has 3 heterocycles. The van der Waals surface area contributed by atoms with Crippen LogP contribution in [0.25, 0.3) is 34.0 Å². The molecular formula is C29H33N5O4S. The average molecular weight is 548 g/mol. The van der Waals surface area contributed by atoms with Gasteiger partial charge in [0.2, 0.25) is 0 Å². The molecule has 0 saturated carbocycles. The molecular weight excluding hydrogens is 514 g/mol. The Balaban J connectivity index is 1.36. The third-order valence-corrected chi connectivity index (χ3v) is 9.25. The van der Waals surface area contributed by atoms with Gasteiger partial charge in [0.25, 0.3) is 0 Å². The van der Waals surface area contributed by atoms with Gasteiger partial charge in [-0.25, -0.2) is 18.4 Å². The second-order valence-corrected chi connectivity index (χ2v) is 12.6. The van der Waals surface area contributed by atoms with E-state index in [1.807, 2.05) is 19.1 Å². The van der Waals surface area contributed by atoms with E-state index < -0.39 is 15.1 Å². The molecule has 0 aliphatic carbocycles. The maximum absolute atomic E-state index is 12.5. The zero-order chi connectivity index (χ0) is 27.6. The van der Waals surface area contributed by atoms with Gasteiger partial charge in [0.1, 0.15) is 5.69 Å². The molecule has 0 radical (unpaired) electrons. The Hall–Kier alpha value is -3.60. The summed E-state index contributed by atoms with van der Waals surface area (Å²) in [6.45, 7) is 7.68. The fraction of sp³-hybridized carbons (Fsp3) is 0.345. The molecule has 0 amide bonds. The van der Waals surface area contributed by atoms with Gasteiger partial charge in [0.15, 0.2) is 27.1 Å². The van der Waals surface area contributed by atoms with Gasteiger partial charge in [-0.05, 0) is 51.3 Å². The molecule has 3 N–H and O–H groups in total. The standard InChI is InChI=1S/C29H33N5O4S/c1-18(2)39(35,36)24-10-8-21(9-11-24)25-17-32-29(30)27(33-25)28-19(3)26(34-38-28)22-6-4-20(5-7-22)16-31-23-12-14-37-15-13-23/h4-11,17-18,23,31H,12-16H2,1-3H3,(H2,30,32). The van der Waals surface area contributed by atoms with Crippen molar-refractivity contribution >= 4 is 15.7 Å². The van der Waals surface area contributed by atoms with E-state index in [0.717, 1.165) is 43.7 Å². The Bertz CT molecular complexity index is 1540. The average Bonchev–Trinajstić information content (AvgIpc) is 3.34. The minimum atomic E-state index is -3.36. The van der Waals surface area contributed by atoms with Crippen molar-refractivity contribution in [2.24, 2.45) is 0 Å². The lowest BCUT2D eigenvalue weighted by Crippen LogP contribution is -2.34. The van der Waals surface area contributed by atoms with Gasteiger partial charge >= 0.3 is 0 Å². The minimum absolute atomic E-state index is 0.220. The first-order valence-corrected chi connectivity index (χ1v) is 14.6. The van der Waals surface area contributed by atoms with E-state index in [1.54, 1.807) is 44.3 Å². The fourth-order valence-corrected chi connectivity index (χ4v) is 5.62. The summed E-state index contributed by atoms with van der Waals surface area (Å²) in [4.78, 5) is 9.29. The normalized spacial score (nSPS) is 14.7. The quantitative estimate of drug-likeness (QED) is 0.319. The smallest absolute Gasteiger partial charge is 0.192 e. The molecule has 1 aliphatic rings. The molecule has 9 nitrogen and oxygen atoms in total. The van der Waals surface area contributed by atoms with Crippen molar-refractivity contribution in [2.75, 3.05) is 18.9 Å². The van der Waals surface area contributed by atoms with Crippen molar-refractivity contribution in [1.29, 1.82) is 0 Å². The van der Waals surface area contributed by atoms with Crippen LogP contribution in [0.5, 0.6) is 0 Å². The van der Waals surface area contributed by atoms with Crippen LogP contribution in [0, 0.1) is 6.92 Å². The maximum Gasteiger partial charge on any atom is 0.192 e. The molecule has 1 saturated heterocycles. The first kappa shape index (κ1) is 27.0. The van der Waals surface area contributed by atoms with Gasteiger partial charge in [-0.1, -0.05) is 41.6 Å². The van der Waals surface area contributed by atoms with E-state index in [4.69, 9.17) is 20.0 Å². The van der Waals surface area contributed by atoms with Crippen LogP contribution in [0.3, 0.4) is 0 Å². The van der Waals surface area contributed by atoms with E-state index in [1.165, 1.54) is 5.56 Å². The van der Waals surface area contributed by atoms with Crippen LogP contribution in [-0.2, 0) is 21.1 Å². The first-order valence-electron chi connectivity index (χ1n) is 13.1. The highest BCUT2D eigenvalue weighted by atomic mass is 32.2. The molecule has 2 aromatic heterocycles. The summed E-state index contributed by atoms with van der Waals surface area (Å²) in [6, 6.07) is 15.4. The summed E-state index contributed by atoms with van der Waals surface area (Å²) in [6.07, 6.45) is 3.64. The first-order chi connectivity index (χ1) is 18.7. The van der Waals surface area contributed by atoms with E-state index in [2.05, 4.69) is 27.6 Å². The predicted molar refractivity (Wildman–Crippen MR) is 151 cm³/mol. The van der Waals surface area contributed by atoms with Crippen LogP contribution >= 0.6 is 0 Å². The lowest BCUT2D eigenvalue weighted by molar-refractivity contribution is 0.0776. The highest BCUT2D eigenvalue weighted by molar-refractivity contribution is 7.92. The predicted octanol–water partition coefficient (Wildman–Crippen LogP) is 4.81. The van der Waals surface area contributed by atoms with E-state index >= 15 is 0 Å². The zero-order valence-electron chi connectivity index (χ0n) is 22.3. The molecule has 1 aliphatic heterocycles. The minimum Gasteiger partial charge on any atom is -0.382 e. The Morgan fingerprint density at radius 1 is 1.00 bits per heavy atom. The van der Waals surface area contributed by atoms with Crippen molar-refractivity contribution in [3.05, 3.63) is 65.9 Å². The van der Waals surface area contributed by atoms with Gasteiger partial charge in [-0.2, -0.15) is 0 Å². The number of hydrogen-bond donors (Lipinski definition) is 2. The monoisotopic (exact) mass is 547 g/mol. The highest BCUT2D eigenvalue weighted by Gasteiger charge is 2.22. The molecule has 0 unspecified atom stereocenters. The van der Waals surface area contributed by atoms with Crippen LogP contribution < -0.4 is 11.1 Å². The number of nitrogens with two attached hydrogens (primary N) is 1. The molecule has 0 bridgehead atoms. The van der Waals surface area contributed by atoms with Gasteiger partial charge in [0.05, 0.1) is 22.0 Å². The van der Waals surface area contributed by atoms with Gasteiger partial charge in [-0.15, -0.1) is 0 Å². The summed E-state index contributed by atoms with van der Waals surface area (Å²) < 4.78 is 36.1. The number of nitrogens with zero attached hydrogens (tertiary/aromatic N) is 3. The van der Waals surface area contributed by atoms with Crippen molar-refractivity contribution in [3.8, 4) is 34.0 Å². The molecule has 4 aromatic rings. The number of nitrogen functional groups attached to an aromatic ring is 1. The SMILES string of the molecule is Cc1c(-c2ccc(CNC3CCOCC3)cc2)noc1-c1nc(-c2ccc(S(=O)(=O)C(C)C)cc2)cnc1N. The highest BCUT2D eigenvalue weighted by Crippen LogP contribution is 2.34. The van der Waals surface area contributed by atoms with Crippen LogP contribution in [0.1, 0.15) is 37.8 Å². The van der Waals surface area contributed by atoms with E-state index in [9.17, 15) is 8.42 Å². The molecule has 39 heavy (non-hydrogen) atoms. The van der Waals surface area contributed by atoms with E-state index in [-0.39, 0.29) is 10.7 Å². The zero-order valence-corrected chi connectivity index (χ0v) is 23.2. The van der Waals surface area contributed by atoms with Crippen LogP contribution in [0.4, 0.5) is 5.82 Å². The molecule has 1 fully saturated rings. The van der Waals surface area contributed by atoms with Crippen molar-refractivity contribution in [2.45, 2.75) is 56.3 Å². The van der Waals surface area contributed by atoms with Crippen molar-refractivity contribution in [1.82, 2.24) is 20.4 Å². The lowest BCUT2D eigenvalue weighted by Gasteiger charge is -2.23. The summed E-state index contributed by atoms with van der Waals surface area (Å²) in [7, 11) is -3.36. The number of anilines is 1. The lowest BCUT2D eigenvalue weighted by atomic mass is 10.0. The van der Waals surface area contributed by atoms with Gasteiger partial charge < -0.3 is 20.3 Å². The Kier molecular flexibility index (Phi) is 7.79. The molecule has 204 valence electrons. The number of benzene rings is 2. The van der Waals surface area contributed by atoms with Crippen molar-refractivity contribution < 1.29 is 17.7 Å². The second kappa shape index (κ2) is 11.3. The third-order valence-electron chi connectivity index (χ3n) is 7.08. The van der Waals surface area contributed by atoms with Gasteiger partial charge in [-0.3, -0.25) is 0 Å². The largest absolute Gasteiger partial charge is 0.382 e. The number of rotatable bonds is 8. The Morgan fingerprint density at radius 2 is 1.67 bits per heavy atom. The van der Waals surface area contributed by atoms with Crippen LogP contribution in [0.2, 0.25) is 0 Å². The molecule has 0 spiro atoms. The molecule has 10 heteroatoms. The summed E-state index contributed by atoms with van der Waals surface area (Å²) >= 11 is 0. The maximum atomic E-state index is 12.5. The molecule has 5 rings (SSSR count). The number of ether oxygens (including phenoxy) is 1. The van der Waals surface area contributed by atoms with Crippen LogP contribution in [0.15, 0.2) is 64.1 Å². The number of aromatic nitrogens is 3. The summed E-state index contributed by atoms with van der Waals surface area (Å²) in [5, 5.41) is 7.42. The fourth-order valence-electron chi connectivity index (χ4n) is 4.56. The van der Waals surface area contributed by atoms with Crippen LogP contribution in [-0.4, -0.2) is 48.0 Å². The summed E-state index contributed by atoms with van der Waals surface area (Å²) in [5.74, 6) is 0.666. The Morgan fingerprint density at radius 3 is 2.33 bits per heavy atom.